The van der Waals surface area contributed by atoms with Crippen molar-refractivity contribution in [2.75, 3.05) is 26.7 Å². The zero-order valence-corrected chi connectivity index (χ0v) is 14.8. The highest BCUT2D eigenvalue weighted by atomic mass is 16.2. The van der Waals surface area contributed by atoms with Crippen LogP contribution in [0.1, 0.15) is 20.3 Å². The fourth-order valence-corrected chi connectivity index (χ4v) is 4.78. The second kappa shape index (κ2) is 5.92. The van der Waals surface area contributed by atoms with Crippen LogP contribution in [0.2, 0.25) is 0 Å². The fourth-order valence-electron chi connectivity index (χ4n) is 4.78. The molecule has 2 heterocycles. The molecule has 4 aliphatic rings. The topological polar surface area (TPSA) is 35.6 Å². The van der Waals surface area contributed by atoms with E-state index in [4.69, 9.17) is 0 Å². The van der Waals surface area contributed by atoms with Crippen LogP contribution in [0.15, 0.2) is 47.2 Å². The normalized spacial score (nSPS) is 33.7. The Labute approximate surface area is 144 Å². The van der Waals surface area contributed by atoms with Gasteiger partial charge in [0.1, 0.15) is 0 Å². The lowest BCUT2D eigenvalue weighted by molar-refractivity contribution is -0.134. The van der Waals surface area contributed by atoms with Crippen LogP contribution in [0.25, 0.3) is 0 Å². The number of carbonyl (C=O) groups is 1. The minimum Gasteiger partial charge on any atom is -0.384 e. The number of nitrogens with one attached hydrogen (secondary N) is 1. The summed E-state index contributed by atoms with van der Waals surface area (Å²) in [6, 6.07) is 0.803. The van der Waals surface area contributed by atoms with Gasteiger partial charge >= 0.3 is 0 Å². The molecule has 0 aromatic heterocycles. The van der Waals surface area contributed by atoms with Gasteiger partial charge in [-0.3, -0.25) is 9.69 Å². The largest absolute Gasteiger partial charge is 0.384 e. The number of hydrogen-bond donors (Lipinski definition) is 1. The Balaban J connectivity index is 1.70. The van der Waals surface area contributed by atoms with Gasteiger partial charge in [0.25, 0.3) is 0 Å². The predicted octanol–water partition coefficient (Wildman–Crippen LogP) is 2.08. The molecule has 0 bridgehead atoms. The summed E-state index contributed by atoms with van der Waals surface area (Å²) in [5, 5.41) is 3.51. The Bertz CT molecular complexity index is 668. The summed E-state index contributed by atoms with van der Waals surface area (Å²) in [6.45, 7) is 6.52. The summed E-state index contributed by atoms with van der Waals surface area (Å²) < 4.78 is 0. The molecule has 1 saturated carbocycles. The maximum atomic E-state index is 12.9. The zero-order valence-electron chi connectivity index (χ0n) is 14.8. The number of hydrogen-bond acceptors (Lipinski definition) is 3. The summed E-state index contributed by atoms with van der Waals surface area (Å²) in [5.74, 6) is 0.715. The first-order chi connectivity index (χ1) is 11.6. The van der Waals surface area contributed by atoms with Crippen molar-refractivity contribution in [2.24, 2.45) is 11.8 Å². The van der Waals surface area contributed by atoms with E-state index >= 15 is 0 Å². The van der Waals surface area contributed by atoms with Crippen LogP contribution in [0.5, 0.6) is 0 Å². The van der Waals surface area contributed by atoms with Gasteiger partial charge in [-0.05, 0) is 50.2 Å². The summed E-state index contributed by atoms with van der Waals surface area (Å²) in [6.07, 6.45) is 12.3. The molecule has 4 nitrogen and oxygen atoms in total. The number of allylic oxidation sites excluding steroid dienone is 2. The molecular weight excluding hydrogens is 298 g/mol. The average Bonchev–Trinajstić information content (AvgIpc) is 3.01. The number of nitrogens with zero attached hydrogens (tertiary/aromatic N) is 2. The van der Waals surface area contributed by atoms with E-state index in [1.54, 1.807) is 0 Å². The van der Waals surface area contributed by atoms with E-state index in [0.29, 0.717) is 18.0 Å². The van der Waals surface area contributed by atoms with Crippen molar-refractivity contribution in [3.8, 4) is 0 Å². The Morgan fingerprint density at radius 3 is 2.88 bits per heavy atom. The van der Waals surface area contributed by atoms with Crippen LogP contribution in [-0.4, -0.2) is 54.5 Å². The van der Waals surface area contributed by atoms with Gasteiger partial charge in [-0.2, -0.15) is 0 Å². The highest BCUT2D eigenvalue weighted by molar-refractivity contribution is 5.81. The van der Waals surface area contributed by atoms with Crippen molar-refractivity contribution in [1.82, 2.24) is 15.1 Å². The van der Waals surface area contributed by atoms with Crippen LogP contribution in [0.3, 0.4) is 0 Å². The first-order valence-electron chi connectivity index (χ1n) is 9.18. The minimum absolute atomic E-state index is 0.0219. The SMILES string of the molecule is CCN(CC)C(=O)[C@@H]1C=C2C3=CC=CC4NC=C(C[C@H]2N(C)C1)C34. The van der Waals surface area contributed by atoms with Crippen molar-refractivity contribution in [3.63, 3.8) is 0 Å². The quantitative estimate of drug-likeness (QED) is 0.863. The summed E-state index contributed by atoms with van der Waals surface area (Å²) >= 11 is 0. The fraction of sp³-hybridized carbons (Fsp3) is 0.550. The molecule has 1 amide bonds. The number of rotatable bonds is 3. The molecule has 4 atom stereocenters. The summed E-state index contributed by atoms with van der Waals surface area (Å²) in [4.78, 5) is 17.2. The minimum atomic E-state index is -0.0219. The lowest BCUT2D eigenvalue weighted by atomic mass is 9.69. The second-order valence-electron chi connectivity index (χ2n) is 7.29. The number of fused-ring (bicyclic) bond motifs is 2. The van der Waals surface area contributed by atoms with Crippen molar-refractivity contribution < 1.29 is 4.79 Å². The van der Waals surface area contributed by atoms with Gasteiger partial charge < -0.3 is 10.2 Å². The van der Waals surface area contributed by atoms with Crippen LogP contribution < -0.4 is 5.32 Å². The Hall–Kier alpha value is -1.81. The highest BCUT2D eigenvalue weighted by Crippen LogP contribution is 2.47. The number of amides is 1. The van der Waals surface area contributed by atoms with Crippen molar-refractivity contribution in [1.29, 1.82) is 0 Å². The van der Waals surface area contributed by atoms with Gasteiger partial charge in [0, 0.05) is 31.6 Å². The predicted molar refractivity (Wildman–Crippen MR) is 96.3 cm³/mol. The molecule has 0 saturated heterocycles. The highest BCUT2D eigenvalue weighted by Gasteiger charge is 2.44. The van der Waals surface area contributed by atoms with Gasteiger partial charge in [0.15, 0.2) is 0 Å². The number of likely N-dealkylation sites (N-methyl/N-ethyl adjacent to an activating group) is 1. The molecule has 2 aliphatic carbocycles. The van der Waals surface area contributed by atoms with Crippen LogP contribution >= 0.6 is 0 Å². The molecule has 0 aromatic carbocycles. The molecule has 4 rings (SSSR count). The second-order valence-corrected chi connectivity index (χ2v) is 7.29. The van der Waals surface area contributed by atoms with Crippen LogP contribution in [-0.2, 0) is 4.79 Å². The van der Waals surface area contributed by atoms with Gasteiger partial charge in [-0.25, -0.2) is 0 Å². The van der Waals surface area contributed by atoms with Gasteiger partial charge in [0.05, 0.1) is 12.0 Å². The Morgan fingerprint density at radius 2 is 2.12 bits per heavy atom. The third-order valence-corrected chi connectivity index (χ3v) is 6.06. The van der Waals surface area contributed by atoms with Crippen LogP contribution in [0, 0.1) is 11.8 Å². The molecule has 24 heavy (non-hydrogen) atoms. The van der Waals surface area contributed by atoms with Crippen molar-refractivity contribution >= 4 is 5.91 Å². The maximum Gasteiger partial charge on any atom is 0.230 e. The van der Waals surface area contributed by atoms with E-state index in [1.165, 1.54) is 16.7 Å². The van der Waals surface area contributed by atoms with Gasteiger partial charge in [0.2, 0.25) is 5.91 Å². The van der Waals surface area contributed by atoms with E-state index < -0.39 is 0 Å². The van der Waals surface area contributed by atoms with Crippen LogP contribution in [0.4, 0.5) is 0 Å². The number of carbonyl (C=O) groups excluding carboxylic acids is 1. The molecule has 4 heteroatoms. The summed E-state index contributed by atoms with van der Waals surface area (Å²) in [7, 11) is 2.17. The average molecular weight is 325 g/mol. The molecule has 0 spiro atoms. The van der Waals surface area contributed by atoms with E-state index in [-0.39, 0.29) is 11.8 Å². The van der Waals surface area contributed by atoms with E-state index in [9.17, 15) is 4.79 Å². The lowest BCUT2D eigenvalue weighted by Crippen LogP contribution is -2.49. The van der Waals surface area contributed by atoms with E-state index in [1.807, 2.05) is 4.90 Å². The molecule has 0 aromatic rings. The smallest absolute Gasteiger partial charge is 0.230 e. The standard InChI is InChI=1S/C20H27N3O/c1-4-23(5-2)20(24)14-9-16-15-7-6-8-17-19(15)13(11-21-17)10-18(16)22(3)12-14/h6-9,11,14,17-19,21H,4-5,10,12H2,1-3H3/t14-,17?,18-,19?/m1/s1. The molecule has 2 unspecified atom stereocenters. The van der Waals surface area contributed by atoms with Crippen molar-refractivity contribution in [3.05, 3.63) is 47.2 Å². The monoisotopic (exact) mass is 325 g/mol. The molecule has 2 aliphatic heterocycles. The lowest BCUT2D eigenvalue weighted by Gasteiger charge is -2.45. The zero-order chi connectivity index (χ0) is 16.8. The first-order valence-corrected chi connectivity index (χ1v) is 9.18. The van der Waals surface area contributed by atoms with Gasteiger partial charge in [-0.1, -0.05) is 24.3 Å². The molecule has 128 valence electrons. The Morgan fingerprint density at radius 1 is 1.33 bits per heavy atom. The molecule has 0 radical (unpaired) electrons. The van der Waals surface area contributed by atoms with Gasteiger partial charge in [-0.15, -0.1) is 0 Å². The Kier molecular flexibility index (Phi) is 3.87. The summed E-state index contributed by atoms with van der Waals surface area (Å²) in [5.41, 5.74) is 4.31. The molecule has 1 fully saturated rings. The van der Waals surface area contributed by atoms with E-state index in [0.717, 1.165) is 26.1 Å². The molecule has 1 N–H and O–H groups in total. The maximum absolute atomic E-state index is 12.9. The van der Waals surface area contributed by atoms with E-state index in [2.05, 4.69) is 61.6 Å². The third-order valence-electron chi connectivity index (χ3n) is 6.06. The molecular formula is C20H27N3O. The third kappa shape index (κ3) is 2.27. The van der Waals surface area contributed by atoms with Crippen molar-refractivity contribution in [2.45, 2.75) is 32.4 Å². The first kappa shape index (κ1) is 15.7.